The molecule has 0 aliphatic carbocycles. The molecule has 1 atom stereocenters. The summed E-state index contributed by atoms with van der Waals surface area (Å²) in [5.74, 6) is -1.00. The van der Waals surface area contributed by atoms with Crippen LogP contribution in [0.4, 0.5) is 18.0 Å². The van der Waals surface area contributed by atoms with Gasteiger partial charge in [-0.05, 0) is 20.8 Å². The monoisotopic (exact) mass is 300 g/mol. The number of carbonyl (C=O) groups is 2. The zero-order valence-electron chi connectivity index (χ0n) is 11.8. The van der Waals surface area contributed by atoms with Crippen molar-refractivity contribution in [2.75, 3.05) is 20.3 Å². The first-order valence-electron chi connectivity index (χ1n) is 5.77. The fourth-order valence-electron chi connectivity index (χ4n) is 1.11. The number of rotatable bonds is 5. The van der Waals surface area contributed by atoms with Crippen molar-refractivity contribution in [1.82, 2.24) is 10.6 Å². The second-order valence-corrected chi connectivity index (χ2v) is 4.99. The number of carbonyl (C=O) groups excluding carboxylic acids is 2. The standard InChI is InChI=1S/C11H19F3N2O4/c1-10(2,3)20-9(18)16-7(5-19-4)8(17)15-6-11(12,13)14/h7H,5-6H2,1-4H3,(H,15,17)(H,16,18)/t7-/m0/s1. The fourth-order valence-corrected chi connectivity index (χ4v) is 1.11. The molecular weight excluding hydrogens is 281 g/mol. The Balaban J connectivity index is 4.48. The van der Waals surface area contributed by atoms with Crippen molar-refractivity contribution in [2.45, 2.75) is 38.6 Å². The van der Waals surface area contributed by atoms with Gasteiger partial charge in [0.25, 0.3) is 0 Å². The van der Waals surface area contributed by atoms with Crippen LogP contribution in [0, 0.1) is 0 Å². The maximum atomic E-state index is 12.0. The molecular formula is C11H19F3N2O4. The lowest BCUT2D eigenvalue weighted by molar-refractivity contribution is -0.140. The number of alkyl carbamates (subject to hydrolysis) is 1. The van der Waals surface area contributed by atoms with Crippen molar-refractivity contribution in [1.29, 1.82) is 0 Å². The molecule has 9 heteroatoms. The summed E-state index contributed by atoms with van der Waals surface area (Å²) in [5, 5.41) is 3.81. The average Bonchev–Trinajstić information content (AvgIpc) is 2.21. The minimum absolute atomic E-state index is 0.275. The van der Waals surface area contributed by atoms with E-state index in [2.05, 4.69) is 10.1 Å². The Morgan fingerprint density at radius 2 is 1.75 bits per heavy atom. The highest BCUT2D eigenvalue weighted by molar-refractivity contribution is 5.85. The largest absolute Gasteiger partial charge is 0.444 e. The van der Waals surface area contributed by atoms with E-state index in [0.717, 1.165) is 0 Å². The van der Waals surface area contributed by atoms with E-state index in [4.69, 9.17) is 4.74 Å². The summed E-state index contributed by atoms with van der Waals surface area (Å²) < 4.78 is 45.6. The molecule has 0 rings (SSSR count). The third-order valence-corrected chi connectivity index (χ3v) is 1.80. The van der Waals surface area contributed by atoms with Crippen LogP contribution >= 0.6 is 0 Å². The molecule has 0 aromatic carbocycles. The van der Waals surface area contributed by atoms with Gasteiger partial charge in [-0.25, -0.2) is 4.79 Å². The van der Waals surface area contributed by atoms with Crippen molar-refractivity contribution >= 4 is 12.0 Å². The van der Waals surface area contributed by atoms with E-state index < -0.39 is 36.4 Å². The van der Waals surface area contributed by atoms with E-state index in [1.54, 1.807) is 26.1 Å². The topological polar surface area (TPSA) is 76.7 Å². The van der Waals surface area contributed by atoms with Gasteiger partial charge in [0.2, 0.25) is 5.91 Å². The van der Waals surface area contributed by atoms with Gasteiger partial charge >= 0.3 is 12.3 Å². The molecule has 0 radical (unpaired) electrons. The van der Waals surface area contributed by atoms with Crippen molar-refractivity contribution in [3.8, 4) is 0 Å². The van der Waals surface area contributed by atoms with Gasteiger partial charge in [-0.1, -0.05) is 0 Å². The molecule has 0 saturated carbocycles. The van der Waals surface area contributed by atoms with Crippen molar-refractivity contribution in [3.05, 3.63) is 0 Å². The van der Waals surface area contributed by atoms with Gasteiger partial charge in [0.15, 0.2) is 0 Å². The Kier molecular flexibility index (Phi) is 6.77. The smallest absolute Gasteiger partial charge is 0.408 e. The molecule has 0 aromatic rings. The van der Waals surface area contributed by atoms with Crippen LogP contribution < -0.4 is 10.6 Å². The number of alkyl halides is 3. The third-order valence-electron chi connectivity index (χ3n) is 1.80. The molecule has 0 aromatic heterocycles. The summed E-state index contributed by atoms with van der Waals surface area (Å²) in [6.07, 6.45) is -5.44. The van der Waals surface area contributed by atoms with E-state index >= 15 is 0 Å². The molecule has 0 saturated heterocycles. The molecule has 0 unspecified atom stereocenters. The molecule has 6 nitrogen and oxygen atoms in total. The van der Waals surface area contributed by atoms with Gasteiger partial charge in [-0.3, -0.25) is 4.79 Å². The SMILES string of the molecule is COC[C@H](NC(=O)OC(C)(C)C)C(=O)NCC(F)(F)F. The highest BCUT2D eigenvalue weighted by Gasteiger charge is 2.30. The van der Waals surface area contributed by atoms with Crippen LogP contribution in [0.3, 0.4) is 0 Å². The van der Waals surface area contributed by atoms with Gasteiger partial charge < -0.3 is 20.1 Å². The molecule has 0 spiro atoms. The molecule has 0 heterocycles. The first-order chi connectivity index (χ1) is 8.94. The van der Waals surface area contributed by atoms with Gasteiger partial charge in [0.1, 0.15) is 18.2 Å². The molecule has 2 amide bonds. The average molecular weight is 300 g/mol. The van der Waals surface area contributed by atoms with E-state index in [1.807, 2.05) is 0 Å². The van der Waals surface area contributed by atoms with Crippen LogP contribution in [0.15, 0.2) is 0 Å². The second kappa shape index (κ2) is 7.32. The highest BCUT2D eigenvalue weighted by atomic mass is 19.4. The summed E-state index contributed by atoms with van der Waals surface area (Å²) in [4.78, 5) is 23.0. The zero-order valence-corrected chi connectivity index (χ0v) is 11.8. The predicted molar refractivity (Wildman–Crippen MR) is 64.1 cm³/mol. The van der Waals surface area contributed by atoms with E-state index in [-0.39, 0.29) is 6.61 Å². The van der Waals surface area contributed by atoms with Crippen molar-refractivity contribution in [2.24, 2.45) is 0 Å². The number of methoxy groups -OCH3 is 1. The lowest BCUT2D eigenvalue weighted by atomic mass is 10.2. The minimum Gasteiger partial charge on any atom is -0.444 e. The van der Waals surface area contributed by atoms with Gasteiger partial charge in [-0.2, -0.15) is 13.2 Å². The molecule has 20 heavy (non-hydrogen) atoms. The summed E-state index contributed by atoms with van der Waals surface area (Å²) in [5.41, 5.74) is -0.788. The zero-order chi connectivity index (χ0) is 16.0. The Morgan fingerprint density at radius 3 is 2.15 bits per heavy atom. The quantitative estimate of drug-likeness (QED) is 0.800. The van der Waals surface area contributed by atoms with Crippen LogP contribution in [0.1, 0.15) is 20.8 Å². The Bertz CT molecular complexity index is 340. The first-order valence-corrected chi connectivity index (χ1v) is 5.77. The van der Waals surface area contributed by atoms with Crippen LogP contribution in [-0.2, 0) is 14.3 Å². The van der Waals surface area contributed by atoms with E-state index in [0.29, 0.717) is 0 Å². The summed E-state index contributed by atoms with van der Waals surface area (Å²) >= 11 is 0. The number of ether oxygens (including phenoxy) is 2. The molecule has 2 N–H and O–H groups in total. The van der Waals surface area contributed by atoms with Gasteiger partial charge in [0, 0.05) is 7.11 Å². The lowest BCUT2D eigenvalue weighted by Crippen LogP contribution is -2.51. The number of halogens is 3. The summed E-state index contributed by atoms with van der Waals surface area (Å²) in [6.45, 7) is 3.08. The highest BCUT2D eigenvalue weighted by Crippen LogP contribution is 2.12. The molecule has 118 valence electrons. The number of amides is 2. The normalized spacial score (nSPS) is 13.6. The third kappa shape index (κ3) is 9.42. The van der Waals surface area contributed by atoms with Gasteiger partial charge in [-0.15, -0.1) is 0 Å². The lowest BCUT2D eigenvalue weighted by Gasteiger charge is -2.23. The Hall–Kier alpha value is -1.51. The van der Waals surface area contributed by atoms with Crippen LogP contribution in [0.25, 0.3) is 0 Å². The van der Waals surface area contributed by atoms with E-state index in [1.165, 1.54) is 7.11 Å². The predicted octanol–water partition coefficient (Wildman–Crippen LogP) is 1.20. The number of hydrogen-bond donors (Lipinski definition) is 2. The van der Waals surface area contributed by atoms with Crippen molar-refractivity contribution < 1.29 is 32.2 Å². The Morgan fingerprint density at radius 1 is 1.20 bits per heavy atom. The van der Waals surface area contributed by atoms with Crippen LogP contribution in [-0.4, -0.2) is 50.1 Å². The first kappa shape index (κ1) is 18.5. The van der Waals surface area contributed by atoms with Crippen LogP contribution in [0.5, 0.6) is 0 Å². The minimum atomic E-state index is -4.53. The Labute approximate surface area is 115 Å². The number of nitrogens with one attached hydrogen (secondary N) is 2. The summed E-state index contributed by atoms with van der Waals surface area (Å²) in [6, 6.07) is -1.27. The maximum Gasteiger partial charge on any atom is 0.408 e. The van der Waals surface area contributed by atoms with Crippen molar-refractivity contribution in [3.63, 3.8) is 0 Å². The number of hydrogen-bond acceptors (Lipinski definition) is 4. The maximum absolute atomic E-state index is 12.0. The molecule has 0 aliphatic heterocycles. The molecule has 0 bridgehead atoms. The molecule has 0 fully saturated rings. The second-order valence-electron chi connectivity index (χ2n) is 4.99. The van der Waals surface area contributed by atoms with E-state index in [9.17, 15) is 22.8 Å². The van der Waals surface area contributed by atoms with Gasteiger partial charge in [0.05, 0.1) is 6.61 Å². The molecule has 0 aliphatic rings. The summed E-state index contributed by atoms with van der Waals surface area (Å²) in [7, 11) is 1.25. The fraction of sp³-hybridized carbons (Fsp3) is 0.818. The van der Waals surface area contributed by atoms with Crippen LogP contribution in [0.2, 0.25) is 0 Å².